The van der Waals surface area contributed by atoms with Crippen molar-refractivity contribution in [2.45, 2.75) is 104 Å². The van der Waals surface area contributed by atoms with E-state index in [0.717, 1.165) is 12.1 Å². The number of aryl methyl sites for hydroxylation is 1. The van der Waals surface area contributed by atoms with Crippen molar-refractivity contribution in [2.24, 2.45) is 0 Å². The number of ether oxygens (including phenoxy) is 2. The number of hydrogen-bond donors (Lipinski definition) is 0. The molecule has 0 N–H and O–H groups in total. The molecule has 3 atom stereocenters. The average molecular weight is 539 g/mol. The highest BCUT2D eigenvalue weighted by atomic mass is 19.4. The maximum absolute atomic E-state index is 13.4. The molecule has 1 aliphatic heterocycles. The minimum Gasteiger partial charge on any atom is -0.453 e. The lowest BCUT2D eigenvalue weighted by Crippen LogP contribution is -2.58. The molecule has 2 rings (SSSR count). The Morgan fingerprint density at radius 2 is 1.74 bits per heavy atom. The Hall–Kier alpha value is -3.22. The number of carbonyl (C=O) groups is 3. The van der Waals surface area contributed by atoms with E-state index >= 15 is 0 Å². The van der Waals surface area contributed by atoms with Crippen LogP contribution in [0.2, 0.25) is 0 Å². The molecular weight excluding hydrogens is 501 g/mol. The smallest absolute Gasteiger partial charge is 0.416 e. The van der Waals surface area contributed by atoms with Crippen LogP contribution in [0.3, 0.4) is 0 Å². The zero-order valence-corrected chi connectivity index (χ0v) is 23.1. The van der Waals surface area contributed by atoms with Crippen LogP contribution in [-0.4, -0.2) is 58.6 Å². The molecule has 38 heavy (non-hydrogen) atoms. The van der Waals surface area contributed by atoms with Gasteiger partial charge in [0.1, 0.15) is 5.60 Å². The molecule has 7 nitrogen and oxygen atoms in total. The highest BCUT2D eigenvalue weighted by Gasteiger charge is 2.43. The number of carbonyl (C=O) groups excluding carboxylic acids is 3. The highest BCUT2D eigenvalue weighted by Crippen LogP contribution is 2.34. The second-order valence-electron chi connectivity index (χ2n) is 10.5. The van der Waals surface area contributed by atoms with Crippen molar-refractivity contribution >= 4 is 18.0 Å². The SMILES string of the molecule is CC#CC(=O)C[C@H]1C[C@@H](N(Cc2cc(C)cc(C(F)(F)F)c2)C(=O)OC)C[C@@H](CC)N1C(=O)OC(C)(C)C. The predicted octanol–water partition coefficient (Wildman–Crippen LogP) is 6.11. The Kier molecular flexibility index (Phi) is 10.2. The van der Waals surface area contributed by atoms with Crippen molar-refractivity contribution in [1.82, 2.24) is 9.80 Å². The minimum absolute atomic E-state index is 0.0647. The summed E-state index contributed by atoms with van der Waals surface area (Å²) < 4.78 is 50.9. The van der Waals surface area contributed by atoms with Crippen molar-refractivity contribution in [1.29, 1.82) is 0 Å². The van der Waals surface area contributed by atoms with Gasteiger partial charge in [0, 0.05) is 31.1 Å². The van der Waals surface area contributed by atoms with Crippen molar-refractivity contribution in [3.05, 3.63) is 34.9 Å². The summed E-state index contributed by atoms with van der Waals surface area (Å²) >= 11 is 0. The van der Waals surface area contributed by atoms with Crippen LogP contribution < -0.4 is 0 Å². The maximum Gasteiger partial charge on any atom is 0.416 e. The van der Waals surface area contributed by atoms with Crippen molar-refractivity contribution in [3.8, 4) is 11.8 Å². The number of benzene rings is 1. The second kappa shape index (κ2) is 12.5. The van der Waals surface area contributed by atoms with E-state index in [2.05, 4.69) is 11.8 Å². The summed E-state index contributed by atoms with van der Waals surface area (Å²) in [5, 5.41) is 0. The van der Waals surface area contributed by atoms with Crippen LogP contribution in [0.4, 0.5) is 22.8 Å². The van der Waals surface area contributed by atoms with Gasteiger partial charge in [-0.05, 0) is 77.5 Å². The maximum atomic E-state index is 13.4. The second-order valence-corrected chi connectivity index (χ2v) is 10.5. The first kappa shape index (κ1) is 31.0. The fourth-order valence-corrected chi connectivity index (χ4v) is 4.84. The van der Waals surface area contributed by atoms with E-state index in [1.807, 2.05) is 6.92 Å². The molecule has 0 saturated carbocycles. The number of methoxy groups -OCH3 is 1. The lowest BCUT2D eigenvalue weighted by Gasteiger charge is -2.47. The van der Waals surface area contributed by atoms with Crippen molar-refractivity contribution in [3.63, 3.8) is 0 Å². The summed E-state index contributed by atoms with van der Waals surface area (Å²) in [6.45, 7) is 10.1. The third-order valence-corrected chi connectivity index (χ3v) is 6.30. The summed E-state index contributed by atoms with van der Waals surface area (Å²) in [6, 6.07) is 2.15. The van der Waals surface area contributed by atoms with E-state index in [-0.39, 0.29) is 31.2 Å². The number of amides is 2. The van der Waals surface area contributed by atoms with E-state index in [1.165, 1.54) is 18.9 Å². The van der Waals surface area contributed by atoms with Crippen LogP contribution in [0.15, 0.2) is 18.2 Å². The van der Waals surface area contributed by atoms with E-state index in [4.69, 9.17) is 9.47 Å². The van der Waals surface area contributed by atoms with Gasteiger partial charge < -0.3 is 19.3 Å². The predicted molar refractivity (Wildman–Crippen MR) is 136 cm³/mol. The Morgan fingerprint density at radius 3 is 2.26 bits per heavy atom. The number of nitrogens with zero attached hydrogens (tertiary/aromatic N) is 2. The number of alkyl halides is 3. The molecule has 0 bridgehead atoms. The molecule has 0 unspecified atom stereocenters. The standard InChI is InChI=1S/C28H37F3N2O5/c1-8-10-24(34)16-23-15-22(14-21(9-2)33(23)26(36)38-27(4,5)6)32(25(35)37-7)17-19-11-18(3)12-20(13-19)28(29,30)31/h11-13,21-23H,9,14-17H2,1-7H3/t21-,22+,23-/m1/s1. The first-order valence-electron chi connectivity index (χ1n) is 12.6. The number of piperidine rings is 1. The third-order valence-electron chi connectivity index (χ3n) is 6.30. The van der Waals surface area contributed by atoms with Crippen LogP contribution in [0, 0.1) is 18.8 Å². The molecule has 0 radical (unpaired) electrons. The summed E-state index contributed by atoms with van der Waals surface area (Å²) in [5.74, 6) is 4.71. The summed E-state index contributed by atoms with van der Waals surface area (Å²) in [7, 11) is 1.21. The van der Waals surface area contributed by atoms with Crippen molar-refractivity contribution in [2.75, 3.05) is 7.11 Å². The van der Waals surface area contributed by atoms with Gasteiger partial charge in [0.25, 0.3) is 0 Å². The van der Waals surface area contributed by atoms with Crippen LogP contribution >= 0.6 is 0 Å². The molecule has 0 aromatic heterocycles. The zero-order valence-electron chi connectivity index (χ0n) is 23.1. The van der Waals surface area contributed by atoms with E-state index < -0.39 is 41.6 Å². The van der Waals surface area contributed by atoms with Gasteiger partial charge >= 0.3 is 18.4 Å². The van der Waals surface area contributed by atoms with Gasteiger partial charge in [0.2, 0.25) is 5.78 Å². The van der Waals surface area contributed by atoms with Gasteiger partial charge in [-0.2, -0.15) is 13.2 Å². The van der Waals surface area contributed by atoms with Crippen LogP contribution in [-0.2, 0) is 27.0 Å². The molecule has 210 valence electrons. The normalized spacial score (nSPS) is 19.7. The van der Waals surface area contributed by atoms with E-state index in [9.17, 15) is 27.6 Å². The number of ketones is 1. The molecule has 1 aliphatic rings. The van der Waals surface area contributed by atoms with Gasteiger partial charge in [-0.3, -0.25) is 4.79 Å². The molecule has 1 saturated heterocycles. The largest absolute Gasteiger partial charge is 0.453 e. The monoisotopic (exact) mass is 538 g/mol. The summed E-state index contributed by atoms with van der Waals surface area (Å²) in [5.41, 5.74) is -0.851. The summed E-state index contributed by atoms with van der Waals surface area (Å²) in [4.78, 5) is 41.6. The summed E-state index contributed by atoms with van der Waals surface area (Å²) in [6.07, 6.45) is -4.81. The van der Waals surface area contributed by atoms with Crippen LogP contribution in [0.5, 0.6) is 0 Å². The lowest BCUT2D eigenvalue weighted by atomic mass is 9.86. The molecule has 10 heteroatoms. The number of Topliss-reactive ketones (excluding diaryl/α,β-unsaturated/α-hetero) is 1. The van der Waals surface area contributed by atoms with Crippen molar-refractivity contribution < 1.29 is 37.0 Å². The Bertz CT molecular complexity index is 1080. The van der Waals surface area contributed by atoms with Gasteiger partial charge in [-0.1, -0.05) is 24.5 Å². The van der Waals surface area contributed by atoms with Crippen LogP contribution in [0.25, 0.3) is 0 Å². The minimum atomic E-state index is -4.53. The molecule has 0 aliphatic carbocycles. The first-order valence-corrected chi connectivity index (χ1v) is 12.6. The third kappa shape index (κ3) is 8.40. The van der Waals surface area contributed by atoms with Crippen LogP contribution in [0.1, 0.15) is 77.0 Å². The molecule has 1 aromatic carbocycles. The lowest BCUT2D eigenvalue weighted by molar-refractivity contribution is -0.137. The average Bonchev–Trinajstić information content (AvgIpc) is 2.79. The van der Waals surface area contributed by atoms with E-state index in [0.29, 0.717) is 24.0 Å². The van der Waals surface area contributed by atoms with E-state index in [1.54, 1.807) is 38.7 Å². The fourth-order valence-electron chi connectivity index (χ4n) is 4.84. The molecule has 1 fully saturated rings. The highest BCUT2D eigenvalue weighted by molar-refractivity contribution is 5.96. The van der Waals surface area contributed by atoms with Gasteiger partial charge in [0.05, 0.1) is 12.7 Å². The topological polar surface area (TPSA) is 76.2 Å². The molecule has 1 aromatic rings. The number of rotatable bonds is 6. The van der Waals surface area contributed by atoms with Gasteiger partial charge in [0.15, 0.2) is 0 Å². The Labute approximate surface area is 222 Å². The number of hydrogen-bond acceptors (Lipinski definition) is 5. The quantitative estimate of drug-likeness (QED) is 0.323. The Morgan fingerprint density at radius 1 is 1.11 bits per heavy atom. The molecule has 2 amide bonds. The Balaban J connectivity index is 2.47. The van der Waals surface area contributed by atoms with Gasteiger partial charge in [-0.25, -0.2) is 9.59 Å². The number of likely N-dealkylation sites (tertiary alicyclic amines) is 1. The molecule has 0 spiro atoms. The first-order chi connectivity index (χ1) is 17.6. The van der Waals surface area contributed by atoms with Gasteiger partial charge in [-0.15, -0.1) is 0 Å². The molecule has 1 heterocycles. The fraction of sp³-hybridized carbons (Fsp3) is 0.607. The number of halogens is 3. The molecular formula is C28H37F3N2O5. The zero-order chi connectivity index (χ0) is 28.8.